The quantitative estimate of drug-likeness (QED) is 0.399. The molecule has 0 aliphatic rings. The van der Waals surface area contributed by atoms with Gasteiger partial charge in [-0.05, 0) is 13.3 Å². The molecule has 0 aliphatic carbocycles. The van der Waals surface area contributed by atoms with Crippen LogP contribution in [0.2, 0.25) is 0 Å². The van der Waals surface area contributed by atoms with Gasteiger partial charge in [-0.15, -0.1) is 10.2 Å². The van der Waals surface area contributed by atoms with Gasteiger partial charge in [0.15, 0.2) is 5.69 Å². The lowest BCUT2D eigenvalue weighted by Crippen LogP contribution is -2.22. The second-order valence-corrected chi connectivity index (χ2v) is 5.74. The molecule has 0 amide bonds. The van der Waals surface area contributed by atoms with Gasteiger partial charge in [-0.25, -0.2) is 0 Å². The summed E-state index contributed by atoms with van der Waals surface area (Å²) in [5, 5.41) is 57.6. The van der Waals surface area contributed by atoms with E-state index in [1.807, 2.05) is 0 Å². The predicted molar refractivity (Wildman–Crippen MR) is 97.4 cm³/mol. The molecule has 29 heavy (non-hydrogen) atoms. The summed E-state index contributed by atoms with van der Waals surface area (Å²) in [6.07, 6.45) is 0.120. The lowest BCUT2D eigenvalue weighted by molar-refractivity contribution is -0.394. The first-order chi connectivity index (χ1) is 13.7. The molecule has 13 nitrogen and oxygen atoms in total. The Morgan fingerprint density at radius 1 is 1.17 bits per heavy atom. The van der Waals surface area contributed by atoms with Crippen molar-refractivity contribution in [2.75, 3.05) is 6.61 Å². The van der Waals surface area contributed by atoms with Gasteiger partial charge in [-0.3, -0.25) is 29.6 Å². The summed E-state index contributed by atoms with van der Waals surface area (Å²) in [7, 11) is 0. The Balaban J connectivity index is 2.64. The van der Waals surface area contributed by atoms with Crippen LogP contribution in [0.4, 0.5) is 22.7 Å². The van der Waals surface area contributed by atoms with Crippen LogP contribution in [0.5, 0.6) is 5.88 Å². The Kier molecular flexibility index (Phi) is 6.32. The smallest absolute Gasteiger partial charge is 0.281 e. The number of rotatable bonds is 7. The largest absolute Gasteiger partial charge is 0.493 e. The highest BCUT2D eigenvalue weighted by atomic mass is 16.6. The summed E-state index contributed by atoms with van der Waals surface area (Å²) >= 11 is 0. The van der Waals surface area contributed by atoms with Gasteiger partial charge in [0.05, 0.1) is 21.6 Å². The average Bonchev–Trinajstić information content (AvgIpc) is 2.67. The van der Waals surface area contributed by atoms with Crippen molar-refractivity contribution in [3.8, 4) is 11.9 Å². The van der Waals surface area contributed by atoms with Crippen LogP contribution in [0.25, 0.3) is 0 Å². The maximum atomic E-state index is 12.6. The summed E-state index contributed by atoms with van der Waals surface area (Å²) in [5.74, 6) is -0.589. The number of nitrogens with zero attached hydrogens (tertiary/aromatic N) is 6. The molecule has 2 aromatic rings. The second-order valence-electron chi connectivity index (χ2n) is 5.74. The van der Waals surface area contributed by atoms with E-state index in [-0.39, 0.29) is 42.1 Å². The summed E-state index contributed by atoms with van der Waals surface area (Å²) in [4.78, 5) is 32.8. The van der Waals surface area contributed by atoms with E-state index in [1.165, 1.54) is 6.92 Å². The van der Waals surface area contributed by atoms with Crippen LogP contribution in [0.3, 0.4) is 0 Å². The first kappa shape index (κ1) is 21.1. The van der Waals surface area contributed by atoms with Gasteiger partial charge in [0, 0.05) is 30.8 Å². The van der Waals surface area contributed by atoms with Crippen LogP contribution in [0, 0.1) is 38.5 Å². The molecule has 1 aromatic heterocycles. The van der Waals surface area contributed by atoms with E-state index in [1.54, 1.807) is 6.07 Å². The van der Waals surface area contributed by atoms with E-state index in [4.69, 9.17) is 5.11 Å². The highest BCUT2D eigenvalue weighted by Crippen LogP contribution is 2.30. The van der Waals surface area contributed by atoms with Gasteiger partial charge in [0.2, 0.25) is 5.88 Å². The number of hydrogen-bond acceptors (Lipinski definition) is 10. The number of azo groups is 1. The highest BCUT2D eigenvalue weighted by molar-refractivity contribution is 5.58. The molecule has 2 rings (SSSR count). The van der Waals surface area contributed by atoms with Crippen molar-refractivity contribution in [3.05, 3.63) is 59.9 Å². The van der Waals surface area contributed by atoms with E-state index in [0.29, 0.717) is 0 Å². The molecule has 1 heterocycles. The van der Waals surface area contributed by atoms with Gasteiger partial charge in [-0.1, -0.05) is 0 Å². The first-order valence-electron chi connectivity index (χ1n) is 8.04. The molecule has 0 bridgehead atoms. The summed E-state index contributed by atoms with van der Waals surface area (Å²) in [6, 6.07) is 4.36. The van der Waals surface area contributed by atoms with Crippen molar-refractivity contribution in [3.63, 3.8) is 0 Å². The lowest BCUT2D eigenvalue weighted by Gasteiger charge is -2.12. The fourth-order valence-corrected chi connectivity index (χ4v) is 2.45. The number of benzene rings is 1. The van der Waals surface area contributed by atoms with Crippen molar-refractivity contribution >= 4 is 22.7 Å². The zero-order chi connectivity index (χ0) is 21.7. The van der Waals surface area contributed by atoms with E-state index in [2.05, 4.69) is 10.2 Å². The molecule has 0 unspecified atom stereocenters. The summed E-state index contributed by atoms with van der Waals surface area (Å²) in [6.45, 7) is 0.983. The zero-order valence-electron chi connectivity index (χ0n) is 15.0. The Morgan fingerprint density at radius 2 is 1.76 bits per heavy atom. The number of nitro groups is 2. The van der Waals surface area contributed by atoms with Crippen molar-refractivity contribution in [1.82, 2.24) is 4.57 Å². The Hall–Kier alpha value is -4.18. The van der Waals surface area contributed by atoms with Crippen LogP contribution in [-0.2, 0) is 6.54 Å². The minimum atomic E-state index is -0.840. The molecular weight excluding hydrogens is 388 g/mol. The fourth-order valence-electron chi connectivity index (χ4n) is 2.45. The number of aromatic hydroxyl groups is 1. The summed E-state index contributed by atoms with van der Waals surface area (Å²) < 4.78 is 0.839. The molecule has 150 valence electrons. The van der Waals surface area contributed by atoms with E-state index in [9.17, 15) is 35.4 Å². The van der Waals surface area contributed by atoms with E-state index >= 15 is 0 Å². The zero-order valence-corrected chi connectivity index (χ0v) is 15.0. The molecule has 0 aliphatic heterocycles. The van der Waals surface area contributed by atoms with E-state index < -0.39 is 32.7 Å². The second kappa shape index (κ2) is 8.67. The lowest BCUT2D eigenvalue weighted by atomic mass is 10.1. The topological polar surface area (TPSA) is 197 Å². The Labute approximate surface area is 162 Å². The number of aliphatic hydroxyl groups is 1. The first-order valence-corrected chi connectivity index (χ1v) is 8.04. The number of non-ortho nitro benzene ring substituents is 2. The molecule has 0 spiro atoms. The van der Waals surface area contributed by atoms with Crippen LogP contribution >= 0.6 is 0 Å². The third-order valence-electron chi connectivity index (χ3n) is 3.88. The van der Waals surface area contributed by atoms with Gasteiger partial charge in [0.25, 0.3) is 16.9 Å². The van der Waals surface area contributed by atoms with Crippen molar-refractivity contribution < 1.29 is 20.1 Å². The molecular formula is C16H14N6O7. The number of aromatic nitrogens is 1. The standard InChI is InChI=1S/C16H14N6O7/c1-9-13(8-17)15(24)20(3-2-4-23)16(25)14(9)19-18-10-5-11(21(26)27)7-12(6-10)22(28)29/h5-7,23-24H,2-4H2,1H3. The third-order valence-corrected chi connectivity index (χ3v) is 3.88. The molecule has 0 saturated heterocycles. The van der Waals surface area contributed by atoms with Crippen molar-refractivity contribution in [2.24, 2.45) is 10.2 Å². The van der Waals surface area contributed by atoms with Crippen LogP contribution in [0.15, 0.2) is 33.2 Å². The average molecular weight is 402 g/mol. The normalized spacial score (nSPS) is 10.8. The molecule has 0 saturated carbocycles. The molecule has 0 atom stereocenters. The number of pyridine rings is 1. The molecule has 13 heteroatoms. The monoisotopic (exact) mass is 402 g/mol. The van der Waals surface area contributed by atoms with E-state index in [0.717, 1.165) is 22.8 Å². The predicted octanol–water partition coefficient (Wildman–Crippen LogP) is 2.35. The molecule has 1 aromatic carbocycles. The van der Waals surface area contributed by atoms with Crippen LogP contribution in [-0.4, -0.2) is 31.2 Å². The number of hydrogen-bond donors (Lipinski definition) is 2. The minimum absolute atomic E-state index is 0.0129. The Morgan fingerprint density at radius 3 is 2.24 bits per heavy atom. The van der Waals surface area contributed by atoms with Gasteiger partial charge >= 0.3 is 0 Å². The molecule has 0 radical (unpaired) electrons. The number of aliphatic hydroxyl groups excluding tert-OH is 1. The van der Waals surface area contributed by atoms with Gasteiger partial charge in [0.1, 0.15) is 11.6 Å². The molecule has 2 N–H and O–H groups in total. The number of nitro benzene ring substituents is 2. The van der Waals surface area contributed by atoms with Gasteiger partial charge < -0.3 is 10.2 Å². The van der Waals surface area contributed by atoms with Crippen molar-refractivity contribution in [1.29, 1.82) is 5.26 Å². The fraction of sp³-hybridized carbons (Fsp3) is 0.250. The maximum absolute atomic E-state index is 12.6. The molecule has 0 fully saturated rings. The van der Waals surface area contributed by atoms with Crippen molar-refractivity contribution in [2.45, 2.75) is 19.9 Å². The maximum Gasteiger partial charge on any atom is 0.281 e. The SMILES string of the molecule is Cc1c(C#N)c(O)n(CCCO)c(=O)c1N=Nc1cc([N+](=O)[O-])cc([N+](=O)[O-])c1. The number of nitriles is 1. The van der Waals surface area contributed by atoms with Crippen LogP contribution in [0.1, 0.15) is 17.5 Å². The van der Waals surface area contributed by atoms with Crippen LogP contribution < -0.4 is 5.56 Å². The Bertz CT molecular complexity index is 1080. The summed E-state index contributed by atoms with van der Waals surface area (Å²) in [5.41, 5.74) is -2.79. The third kappa shape index (κ3) is 4.39. The highest BCUT2D eigenvalue weighted by Gasteiger charge is 2.20. The minimum Gasteiger partial charge on any atom is -0.493 e. The van der Waals surface area contributed by atoms with Gasteiger partial charge in [-0.2, -0.15) is 5.26 Å².